The van der Waals surface area contributed by atoms with Crippen molar-refractivity contribution in [1.29, 1.82) is 0 Å². The van der Waals surface area contributed by atoms with E-state index in [1.165, 1.54) is 4.90 Å². The van der Waals surface area contributed by atoms with Gasteiger partial charge in [-0.2, -0.15) is 0 Å². The number of imide groups is 1. The summed E-state index contributed by atoms with van der Waals surface area (Å²) in [6.45, 7) is 10.2. The summed E-state index contributed by atoms with van der Waals surface area (Å²) in [6.07, 6.45) is 0. The monoisotopic (exact) mass is 419 g/mol. The van der Waals surface area contributed by atoms with Gasteiger partial charge in [-0.1, -0.05) is 42.8 Å². The molecule has 2 aromatic carbocycles. The molecule has 2 aliphatic heterocycles. The Morgan fingerprint density at radius 3 is 2.29 bits per heavy atom. The molecule has 2 aromatic rings. The largest absolute Gasteiger partial charge is 0.496 e. The number of methoxy groups -OCH3 is 1. The van der Waals surface area contributed by atoms with Crippen molar-refractivity contribution in [2.45, 2.75) is 20.8 Å². The van der Waals surface area contributed by atoms with Gasteiger partial charge in [-0.15, -0.1) is 0 Å². The molecule has 6 heteroatoms. The first-order valence-electron chi connectivity index (χ1n) is 10.8. The molecule has 2 heterocycles. The van der Waals surface area contributed by atoms with E-state index in [1.807, 2.05) is 56.3 Å². The molecule has 6 nitrogen and oxygen atoms in total. The summed E-state index contributed by atoms with van der Waals surface area (Å²) in [5.41, 5.74) is 4.18. The number of carbonyl (C=O) groups excluding carboxylic acids is 2. The number of nitrogens with zero attached hydrogens (tertiary/aromatic N) is 3. The maximum absolute atomic E-state index is 13.8. The Bertz CT molecular complexity index is 1050. The van der Waals surface area contributed by atoms with Gasteiger partial charge < -0.3 is 14.5 Å². The molecular weight excluding hydrogens is 390 g/mol. The fourth-order valence-electron chi connectivity index (χ4n) is 4.47. The number of likely N-dealkylation sites (N-methyl/N-ethyl adjacent to an activating group) is 1. The quantitative estimate of drug-likeness (QED) is 0.697. The van der Waals surface area contributed by atoms with Gasteiger partial charge in [0.05, 0.1) is 18.4 Å². The maximum Gasteiger partial charge on any atom is 0.282 e. The van der Waals surface area contributed by atoms with Crippen molar-refractivity contribution in [3.8, 4) is 5.75 Å². The minimum Gasteiger partial charge on any atom is -0.496 e. The average Bonchev–Trinajstić information content (AvgIpc) is 3.04. The van der Waals surface area contributed by atoms with E-state index >= 15 is 0 Å². The van der Waals surface area contributed by atoms with E-state index in [-0.39, 0.29) is 11.8 Å². The highest BCUT2D eigenvalue weighted by Gasteiger charge is 2.44. The van der Waals surface area contributed by atoms with Crippen molar-refractivity contribution in [2.75, 3.05) is 44.7 Å². The molecule has 0 N–H and O–H groups in total. The van der Waals surface area contributed by atoms with Crippen LogP contribution in [0.5, 0.6) is 5.75 Å². The summed E-state index contributed by atoms with van der Waals surface area (Å²) in [4.78, 5) is 33.2. The number of hydrogen-bond acceptors (Lipinski definition) is 5. The standard InChI is InChI=1S/C25H29N3O3/c1-5-26-12-14-27(15-13-26)23-22(19-8-6-7-9-21(19)31-4)24(29)28(25(23)30)20-11-10-17(2)16-18(20)3/h6-11,16H,5,12-15H2,1-4H3. The second-order valence-corrected chi connectivity index (χ2v) is 8.08. The fraction of sp³-hybridized carbons (Fsp3) is 0.360. The van der Waals surface area contributed by atoms with Crippen LogP contribution in [0.15, 0.2) is 48.2 Å². The van der Waals surface area contributed by atoms with Gasteiger partial charge in [0.25, 0.3) is 11.8 Å². The van der Waals surface area contributed by atoms with Gasteiger partial charge >= 0.3 is 0 Å². The third-order valence-corrected chi connectivity index (χ3v) is 6.16. The van der Waals surface area contributed by atoms with E-state index in [0.717, 1.165) is 30.8 Å². The number of benzene rings is 2. The molecular formula is C25H29N3O3. The number of ether oxygens (including phenoxy) is 1. The van der Waals surface area contributed by atoms with Gasteiger partial charge in [0, 0.05) is 31.7 Å². The minimum atomic E-state index is -0.297. The Morgan fingerprint density at radius 2 is 1.65 bits per heavy atom. The maximum atomic E-state index is 13.8. The molecule has 1 saturated heterocycles. The number of amides is 2. The second kappa shape index (κ2) is 8.55. The van der Waals surface area contributed by atoms with E-state index in [2.05, 4.69) is 16.7 Å². The van der Waals surface area contributed by atoms with Crippen LogP contribution in [0, 0.1) is 13.8 Å². The van der Waals surface area contributed by atoms with E-state index < -0.39 is 0 Å². The Hall–Kier alpha value is -3.12. The van der Waals surface area contributed by atoms with E-state index in [1.54, 1.807) is 7.11 Å². The van der Waals surface area contributed by atoms with Crippen molar-refractivity contribution >= 4 is 23.1 Å². The Kier molecular flexibility index (Phi) is 5.83. The van der Waals surface area contributed by atoms with E-state index in [9.17, 15) is 9.59 Å². The van der Waals surface area contributed by atoms with Crippen LogP contribution in [0.2, 0.25) is 0 Å². The molecule has 162 valence electrons. The predicted octanol–water partition coefficient (Wildman–Crippen LogP) is 3.23. The Morgan fingerprint density at radius 1 is 0.935 bits per heavy atom. The molecule has 0 aliphatic carbocycles. The highest BCUT2D eigenvalue weighted by molar-refractivity contribution is 6.45. The molecule has 0 aromatic heterocycles. The molecule has 0 atom stereocenters. The zero-order valence-electron chi connectivity index (χ0n) is 18.6. The third kappa shape index (κ3) is 3.72. The number of anilines is 1. The number of carbonyl (C=O) groups is 2. The van der Waals surface area contributed by atoms with Crippen LogP contribution in [0.25, 0.3) is 5.57 Å². The van der Waals surface area contributed by atoms with Gasteiger partial charge in [-0.25, -0.2) is 4.90 Å². The van der Waals surface area contributed by atoms with Gasteiger partial charge in [-0.3, -0.25) is 9.59 Å². The van der Waals surface area contributed by atoms with Crippen LogP contribution in [0.1, 0.15) is 23.6 Å². The fourth-order valence-corrected chi connectivity index (χ4v) is 4.47. The van der Waals surface area contributed by atoms with Crippen molar-refractivity contribution in [2.24, 2.45) is 0 Å². The summed E-state index contributed by atoms with van der Waals surface area (Å²) >= 11 is 0. The van der Waals surface area contributed by atoms with Gasteiger partial charge in [-0.05, 0) is 38.1 Å². The first-order valence-corrected chi connectivity index (χ1v) is 10.8. The first kappa shape index (κ1) is 21.1. The zero-order chi connectivity index (χ0) is 22.1. The summed E-state index contributed by atoms with van der Waals surface area (Å²) in [6, 6.07) is 13.2. The number of rotatable bonds is 5. The SMILES string of the molecule is CCN1CCN(C2=C(c3ccccc3OC)C(=O)N(c3ccc(C)cc3C)C2=O)CC1. The number of para-hydroxylation sites is 1. The summed E-state index contributed by atoms with van der Waals surface area (Å²) in [5, 5.41) is 0. The van der Waals surface area contributed by atoms with Crippen molar-refractivity contribution < 1.29 is 14.3 Å². The number of aryl methyl sites for hydroxylation is 2. The molecule has 0 bridgehead atoms. The van der Waals surface area contributed by atoms with Crippen LogP contribution in [-0.2, 0) is 9.59 Å². The smallest absolute Gasteiger partial charge is 0.282 e. The molecule has 31 heavy (non-hydrogen) atoms. The molecule has 4 rings (SSSR count). The van der Waals surface area contributed by atoms with Gasteiger partial charge in [0.15, 0.2) is 0 Å². The Balaban J connectivity index is 1.83. The molecule has 1 fully saturated rings. The summed E-state index contributed by atoms with van der Waals surface area (Å²) in [5.74, 6) is 0.0306. The van der Waals surface area contributed by atoms with Gasteiger partial charge in [0.2, 0.25) is 0 Å². The van der Waals surface area contributed by atoms with Crippen LogP contribution in [0.4, 0.5) is 5.69 Å². The number of hydrogen-bond donors (Lipinski definition) is 0. The second-order valence-electron chi connectivity index (χ2n) is 8.08. The van der Waals surface area contributed by atoms with Crippen LogP contribution >= 0.6 is 0 Å². The zero-order valence-corrected chi connectivity index (χ0v) is 18.6. The van der Waals surface area contributed by atoms with Crippen LogP contribution in [0.3, 0.4) is 0 Å². The molecule has 0 unspecified atom stereocenters. The Labute approximate surface area is 183 Å². The third-order valence-electron chi connectivity index (χ3n) is 6.16. The van der Waals surface area contributed by atoms with Gasteiger partial charge in [0.1, 0.15) is 11.4 Å². The van der Waals surface area contributed by atoms with Crippen molar-refractivity contribution in [3.05, 3.63) is 64.9 Å². The molecule has 2 amide bonds. The highest BCUT2D eigenvalue weighted by atomic mass is 16.5. The van der Waals surface area contributed by atoms with E-state index in [0.29, 0.717) is 41.4 Å². The molecule has 0 radical (unpaired) electrons. The molecule has 2 aliphatic rings. The van der Waals surface area contributed by atoms with E-state index in [4.69, 9.17) is 4.74 Å². The van der Waals surface area contributed by atoms with Crippen molar-refractivity contribution in [3.63, 3.8) is 0 Å². The molecule has 0 saturated carbocycles. The normalized spacial score (nSPS) is 17.7. The lowest BCUT2D eigenvalue weighted by Gasteiger charge is -2.36. The molecule has 0 spiro atoms. The van der Waals surface area contributed by atoms with Crippen molar-refractivity contribution in [1.82, 2.24) is 9.80 Å². The number of piperazine rings is 1. The minimum absolute atomic E-state index is 0.261. The predicted molar refractivity (Wildman–Crippen MR) is 122 cm³/mol. The lowest BCUT2D eigenvalue weighted by molar-refractivity contribution is -0.120. The average molecular weight is 420 g/mol. The topological polar surface area (TPSA) is 53.1 Å². The lowest BCUT2D eigenvalue weighted by atomic mass is 10.0. The highest BCUT2D eigenvalue weighted by Crippen LogP contribution is 2.39. The first-order chi connectivity index (χ1) is 15.0. The summed E-state index contributed by atoms with van der Waals surface area (Å²) in [7, 11) is 1.59. The van der Waals surface area contributed by atoms with Crippen LogP contribution in [-0.4, -0.2) is 61.4 Å². The summed E-state index contributed by atoms with van der Waals surface area (Å²) < 4.78 is 5.55. The van der Waals surface area contributed by atoms with Crippen LogP contribution < -0.4 is 9.64 Å². The lowest BCUT2D eigenvalue weighted by Crippen LogP contribution is -2.47.